The fourth-order valence-electron chi connectivity index (χ4n) is 4.93. The highest BCUT2D eigenvalue weighted by Gasteiger charge is 2.20. The fourth-order valence-corrected chi connectivity index (χ4v) is 4.93. The number of nitrogens with two attached hydrogens (primary N) is 1. The van der Waals surface area contributed by atoms with Crippen molar-refractivity contribution in [3.8, 4) is 17.2 Å². The van der Waals surface area contributed by atoms with Gasteiger partial charge in [-0.15, -0.1) is 0 Å². The Hall–Kier alpha value is -4.93. The van der Waals surface area contributed by atoms with Gasteiger partial charge in [-0.3, -0.25) is 9.48 Å². The Morgan fingerprint density at radius 1 is 1.05 bits per heavy atom. The van der Waals surface area contributed by atoms with Crippen molar-refractivity contribution in [1.29, 1.82) is 0 Å². The highest BCUT2D eigenvalue weighted by molar-refractivity contribution is 5.98. The number of amides is 1. The summed E-state index contributed by atoms with van der Waals surface area (Å²) >= 11 is 0. The molecular formula is C28H28N8O3. The third-order valence-electron chi connectivity index (χ3n) is 6.86. The standard InChI is InChI=1S/C28H28N8O3/c1-38-24-19(27-34-21-11-5-6-13-23(21)39-27)10-7-12-22(24)33-26-20(25(29)37)15-30-28(35-26)32-17-14-31-36(16-17)18-8-3-2-4-9-18/h5-7,10-16,18H,2-4,8-9H2,1H3,(H2,29,37)(H2,30,32,33,35). The van der Waals surface area contributed by atoms with Gasteiger partial charge in [0.25, 0.3) is 5.91 Å². The van der Waals surface area contributed by atoms with E-state index >= 15 is 0 Å². The Morgan fingerprint density at radius 2 is 1.90 bits per heavy atom. The van der Waals surface area contributed by atoms with Crippen LogP contribution in [-0.2, 0) is 0 Å². The molecule has 4 N–H and O–H groups in total. The summed E-state index contributed by atoms with van der Waals surface area (Å²) in [4.78, 5) is 25.7. The van der Waals surface area contributed by atoms with Gasteiger partial charge in [-0.05, 0) is 37.1 Å². The molecule has 1 saturated carbocycles. The van der Waals surface area contributed by atoms with Crippen LogP contribution in [0.25, 0.3) is 22.6 Å². The molecule has 11 heteroatoms. The van der Waals surface area contributed by atoms with E-state index in [-0.39, 0.29) is 11.4 Å². The SMILES string of the molecule is COc1c(Nc2nc(Nc3cnn(C4CCCCC4)c3)ncc2C(N)=O)cccc1-c1nc2ccccc2o1. The first-order valence-electron chi connectivity index (χ1n) is 12.9. The van der Waals surface area contributed by atoms with E-state index in [1.54, 1.807) is 19.4 Å². The number of carbonyl (C=O) groups is 1. The predicted octanol–water partition coefficient (Wildman–Crippen LogP) is 5.58. The van der Waals surface area contributed by atoms with Gasteiger partial charge in [-0.1, -0.05) is 37.5 Å². The third kappa shape index (κ3) is 4.98. The number of para-hydroxylation sites is 3. The molecular weight excluding hydrogens is 496 g/mol. The molecule has 3 aromatic heterocycles. The number of anilines is 4. The number of primary amides is 1. The average Bonchev–Trinajstić information content (AvgIpc) is 3.61. The molecule has 2 aromatic carbocycles. The van der Waals surface area contributed by atoms with Crippen LogP contribution in [0, 0.1) is 0 Å². The molecule has 0 aliphatic heterocycles. The van der Waals surface area contributed by atoms with E-state index in [0.29, 0.717) is 40.5 Å². The minimum atomic E-state index is -0.664. The molecule has 1 amide bonds. The molecule has 0 bridgehead atoms. The van der Waals surface area contributed by atoms with Gasteiger partial charge in [-0.2, -0.15) is 10.1 Å². The number of nitrogens with one attached hydrogen (secondary N) is 2. The van der Waals surface area contributed by atoms with Gasteiger partial charge in [0, 0.05) is 12.4 Å². The maximum absolute atomic E-state index is 12.2. The molecule has 0 radical (unpaired) electrons. The van der Waals surface area contributed by atoms with Gasteiger partial charge in [0.15, 0.2) is 11.3 Å². The van der Waals surface area contributed by atoms with Gasteiger partial charge in [0.1, 0.15) is 16.9 Å². The molecule has 6 rings (SSSR count). The highest BCUT2D eigenvalue weighted by atomic mass is 16.5. The van der Waals surface area contributed by atoms with Crippen LogP contribution in [0.1, 0.15) is 48.5 Å². The number of aromatic nitrogens is 5. The highest BCUT2D eigenvalue weighted by Crippen LogP contribution is 2.39. The second kappa shape index (κ2) is 10.4. The number of benzene rings is 2. The van der Waals surface area contributed by atoms with Crippen molar-refractivity contribution in [1.82, 2.24) is 24.7 Å². The van der Waals surface area contributed by atoms with E-state index in [1.165, 1.54) is 25.5 Å². The van der Waals surface area contributed by atoms with Gasteiger partial charge in [0.05, 0.1) is 36.3 Å². The molecule has 5 aromatic rings. The molecule has 1 fully saturated rings. The molecule has 0 atom stereocenters. The van der Waals surface area contributed by atoms with Crippen LogP contribution in [0.15, 0.2) is 65.5 Å². The number of oxazole rings is 1. The van der Waals surface area contributed by atoms with Crippen molar-refractivity contribution >= 4 is 40.1 Å². The summed E-state index contributed by atoms with van der Waals surface area (Å²) in [6, 6.07) is 13.4. The second-order valence-electron chi connectivity index (χ2n) is 9.44. The zero-order chi connectivity index (χ0) is 26.8. The Morgan fingerprint density at radius 3 is 2.69 bits per heavy atom. The molecule has 3 heterocycles. The fraction of sp³-hybridized carbons (Fsp3) is 0.250. The van der Waals surface area contributed by atoms with Crippen molar-refractivity contribution in [2.45, 2.75) is 38.1 Å². The Balaban J connectivity index is 1.30. The summed E-state index contributed by atoms with van der Waals surface area (Å²) in [5.74, 6) is 0.740. The average molecular weight is 525 g/mol. The lowest BCUT2D eigenvalue weighted by Crippen LogP contribution is -2.16. The number of fused-ring (bicyclic) bond motifs is 1. The third-order valence-corrected chi connectivity index (χ3v) is 6.86. The lowest BCUT2D eigenvalue weighted by atomic mass is 9.96. The number of nitrogens with zero attached hydrogens (tertiary/aromatic N) is 5. The van der Waals surface area contributed by atoms with Crippen molar-refractivity contribution in [3.63, 3.8) is 0 Å². The van der Waals surface area contributed by atoms with Crippen LogP contribution in [0.2, 0.25) is 0 Å². The predicted molar refractivity (Wildman–Crippen MR) is 147 cm³/mol. The summed E-state index contributed by atoms with van der Waals surface area (Å²) < 4.78 is 13.7. The summed E-state index contributed by atoms with van der Waals surface area (Å²) in [6.07, 6.45) is 11.1. The van der Waals surface area contributed by atoms with Gasteiger partial charge in [-0.25, -0.2) is 9.97 Å². The maximum atomic E-state index is 12.2. The number of hydrogen-bond donors (Lipinski definition) is 3. The van der Waals surface area contributed by atoms with E-state index < -0.39 is 5.91 Å². The van der Waals surface area contributed by atoms with Crippen LogP contribution in [0.4, 0.5) is 23.1 Å². The van der Waals surface area contributed by atoms with Crippen molar-refractivity contribution in [2.75, 3.05) is 17.7 Å². The summed E-state index contributed by atoms with van der Waals surface area (Å²) in [7, 11) is 1.55. The topological polar surface area (TPSA) is 146 Å². The quantitative estimate of drug-likeness (QED) is 0.237. The van der Waals surface area contributed by atoms with E-state index in [0.717, 1.165) is 24.0 Å². The smallest absolute Gasteiger partial charge is 0.254 e. The first-order valence-corrected chi connectivity index (χ1v) is 12.9. The monoisotopic (exact) mass is 524 g/mol. The van der Waals surface area contributed by atoms with Gasteiger partial charge >= 0.3 is 0 Å². The number of rotatable bonds is 8. The van der Waals surface area contributed by atoms with Crippen LogP contribution in [0.3, 0.4) is 0 Å². The zero-order valence-electron chi connectivity index (χ0n) is 21.4. The summed E-state index contributed by atoms with van der Waals surface area (Å²) in [6.45, 7) is 0. The Kier molecular flexibility index (Phi) is 6.54. The number of carbonyl (C=O) groups excluding carboxylic acids is 1. The van der Waals surface area contributed by atoms with Crippen LogP contribution in [-0.4, -0.2) is 37.7 Å². The lowest BCUT2D eigenvalue weighted by Gasteiger charge is -2.21. The van der Waals surface area contributed by atoms with E-state index in [4.69, 9.17) is 14.9 Å². The second-order valence-corrected chi connectivity index (χ2v) is 9.44. The molecule has 11 nitrogen and oxygen atoms in total. The van der Waals surface area contributed by atoms with Crippen LogP contribution >= 0.6 is 0 Å². The molecule has 198 valence electrons. The minimum absolute atomic E-state index is 0.132. The zero-order valence-corrected chi connectivity index (χ0v) is 21.4. The molecule has 0 saturated heterocycles. The largest absolute Gasteiger partial charge is 0.494 e. The molecule has 0 spiro atoms. The van der Waals surface area contributed by atoms with Crippen molar-refractivity contribution in [2.24, 2.45) is 5.73 Å². The van der Waals surface area contributed by atoms with Crippen LogP contribution < -0.4 is 21.1 Å². The molecule has 0 unspecified atom stereocenters. The molecule has 1 aliphatic rings. The van der Waals surface area contributed by atoms with Crippen LogP contribution in [0.5, 0.6) is 5.75 Å². The number of ether oxygens (including phenoxy) is 1. The summed E-state index contributed by atoms with van der Waals surface area (Å²) in [5, 5.41) is 10.9. The molecule has 39 heavy (non-hydrogen) atoms. The van der Waals surface area contributed by atoms with E-state index in [2.05, 4.69) is 30.7 Å². The van der Waals surface area contributed by atoms with E-state index in [1.807, 2.05) is 47.3 Å². The normalized spacial score (nSPS) is 13.9. The Bertz CT molecular complexity index is 1600. The van der Waals surface area contributed by atoms with Gasteiger partial charge in [0.2, 0.25) is 11.8 Å². The van der Waals surface area contributed by atoms with Crippen molar-refractivity contribution < 1.29 is 13.9 Å². The van der Waals surface area contributed by atoms with Crippen molar-refractivity contribution in [3.05, 3.63) is 66.6 Å². The Labute approximate surface area is 224 Å². The van der Waals surface area contributed by atoms with Gasteiger partial charge < -0.3 is 25.5 Å². The first kappa shape index (κ1) is 24.4. The lowest BCUT2D eigenvalue weighted by molar-refractivity contribution is 0.100. The maximum Gasteiger partial charge on any atom is 0.254 e. The molecule has 1 aliphatic carbocycles. The number of methoxy groups -OCH3 is 1. The summed E-state index contributed by atoms with van der Waals surface area (Å²) in [5.41, 5.74) is 9.13. The number of hydrogen-bond acceptors (Lipinski definition) is 9. The first-order chi connectivity index (χ1) is 19.1. The minimum Gasteiger partial charge on any atom is -0.494 e. The van der Waals surface area contributed by atoms with E-state index in [9.17, 15) is 4.79 Å².